The first kappa shape index (κ1) is 13.5. The van der Waals surface area contributed by atoms with Gasteiger partial charge >= 0.3 is 5.97 Å². The molecule has 0 spiro atoms. The quantitative estimate of drug-likeness (QED) is 0.918. The predicted octanol–water partition coefficient (Wildman–Crippen LogP) is 3.33. The minimum atomic E-state index is -0.659. The standard InChI is InChI=1S/C17H23NO2/c19-17(20)15-10-14-8-4-5-9-16(14)18(12-15)11-13-6-2-1-3-7-13/h4-5,8-9,13,15H,1-3,6-7,10-12H2,(H,19,20). The number of para-hydroxylation sites is 1. The monoisotopic (exact) mass is 273 g/mol. The van der Waals surface area contributed by atoms with E-state index in [-0.39, 0.29) is 5.92 Å². The highest BCUT2D eigenvalue weighted by Crippen LogP contribution is 2.32. The molecule has 0 radical (unpaired) electrons. The zero-order valence-corrected chi connectivity index (χ0v) is 11.9. The Morgan fingerprint density at radius 3 is 2.70 bits per heavy atom. The van der Waals surface area contributed by atoms with Gasteiger partial charge in [0.05, 0.1) is 5.92 Å². The van der Waals surface area contributed by atoms with Crippen LogP contribution in [0.5, 0.6) is 0 Å². The minimum absolute atomic E-state index is 0.256. The second-order valence-corrected chi connectivity index (χ2v) is 6.28. The lowest BCUT2D eigenvalue weighted by atomic mass is 9.87. The molecule has 0 aromatic heterocycles. The fraction of sp³-hybridized carbons (Fsp3) is 0.588. The third-order valence-corrected chi connectivity index (χ3v) is 4.79. The van der Waals surface area contributed by atoms with E-state index >= 15 is 0 Å². The lowest BCUT2D eigenvalue weighted by Gasteiger charge is -2.37. The van der Waals surface area contributed by atoms with Crippen molar-refractivity contribution in [1.82, 2.24) is 0 Å². The van der Waals surface area contributed by atoms with Crippen molar-refractivity contribution >= 4 is 11.7 Å². The first-order valence-corrected chi connectivity index (χ1v) is 7.79. The highest BCUT2D eigenvalue weighted by atomic mass is 16.4. The van der Waals surface area contributed by atoms with Crippen LogP contribution in [0.15, 0.2) is 24.3 Å². The molecular weight excluding hydrogens is 250 g/mol. The summed E-state index contributed by atoms with van der Waals surface area (Å²) in [6.07, 6.45) is 7.31. The van der Waals surface area contributed by atoms with Crippen LogP contribution in [0.2, 0.25) is 0 Å². The first-order valence-electron chi connectivity index (χ1n) is 7.79. The number of aliphatic carboxylic acids is 1. The third kappa shape index (κ3) is 2.82. The average Bonchev–Trinajstić information content (AvgIpc) is 2.48. The van der Waals surface area contributed by atoms with Gasteiger partial charge in [0.15, 0.2) is 0 Å². The molecule has 0 amide bonds. The van der Waals surface area contributed by atoms with Crippen molar-refractivity contribution in [2.75, 3.05) is 18.0 Å². The lowest BCUT2D eigenvalue weighted by molar-refractivity contribution is -0.141. The molecule has 1 atom stereocenters. The van der Waals surface area contributed by atoms with E-state index in [0.717, 1.165) is 12.5 Å². The SMILES string of the molecule is O=C(O)C1Cc2ccccc2N(CC2CCCCC2)C1. The number of carboxylic acid groups (broad SMARTS) is 1. The van der Waals surface area contributed by atoms with Gasteiger partial charge in [-0.3, -0.25) is 4.79 Å². The predicted molar refractivity (Wildman–Crippen MR) is 80.1 cm³/mol. The van der Waals surface area contributed by atoms with Gasteiger partial charge in [0.1, 0.15) is 0 Å². The van der Waals surface area contributed by atoms with Crippen molar-refractivity contribution in [2.24, 2.45) is 11.8 Å². The van der Waals surface area contributed by atoms with Gasteiger partial charge in [0.2, 0.25) is 0 Å². The highest BCUT2D eigenvalue weighted by Gasteiger charge is 2.30. The summed E-state index contributed by atoms with van der Waals surface area (Å²) >= 11 is 0. The molecule has 0 saturated heterocycles. The van der Waals surface area contributed by atoms with Gasteiger partial charge in [0.25, 0.3) is 0 Å². The van der Waals surface area contributed by atoms with Gasteiger partial charge in [-0.05, 0) is 36.8 Å². The Bertz CT molecular complexity index is 480. The average molecular weight is 273 g/mol. The van der Waals surface area contributed by atoms with Crippen LogP contribution in [0.1, 0.15) is 37.7 Å². The number of anilines is 1. The molecule has 108 valence electrons. The van der Waals surface area contributed by atoms with Crippen LogP contribution in [0.25, 0.3) is 0 Å². The maximum Gasteiger partial charge on any atom is 0.308 e. The van der Waals surface area contributed by atoms with Crippen LogP contribution in [0.4, 0.5) is 5.69 Å². The van der Waals surface area contributed by atoms with Gasteiger partial charge in [-0.15, -0.1) is 0 Å². The normalized spacial score (nSPS) is 23.4. The van der Waals surface area contributed by atoms with E-state index in [4.69, 9.17) is 0 Å². The van der Waals surface area contributed by atoms with Gasteiger partial charge in [-0.2, -0.15) is 0 Å². The van der Waals surface area contributed by atoms with Crippen molar-refractivity contribution in [2.45, 2.75) is 38.5 Å². The van der Waals surface area contributed by atoms with E-state index in [0.29, 0.717) is 13.0 Å². The molecule has 1 aromatic rings. The molecule has 20 heavy (non-hydrogen) atoms. The largest absolute Gasteiger partial charge is 0.481 e. The molecule has 1 aromatic carbocycles. The molecular formula is C17H23NO2. The van der Waals surface area contributed by atoms with E-state index in [1.54, 1.807) is 0 Å². The molecule has 1 aliphatic heterocycles. The topological polar surface area (TPSA) is 40.5 Å². The fourth-order valence-corrected chi connectivity index (χ4v) is 3.71. The highest BCUT2D eigenvalue weighted by molar-refractivity contribution is 5.73. The molecule has 3 rings (SSSR count). The van der Waals surface area contributed by atoms with E-state index in [2.05, 4.69) is 23.1 Å². The van der Waals surface area contributed by atoms with Gasteiger partial charge in [-0.1, -0.05) is 37.5 Å². The summed E-state index contributed by atoms with van der Waals surface area (Å²) < 4.78 is 0. The van der Waals surface area contributed by atoms with Crippen LogP contribution in [0, 0.1) is 11.8 Å². The number of benzene rings is 1. The summed E-state index contributed by atoms with van der Waals surface area (Å²) in [7, 11) is 0. The maximum absolute atomic E-state index is 11.4. The molecule has 1 heterocycles. The van der Waals surface area contributed by atoms with Gasteiger partial charge in [0, 0.05) is 18.8 Å². The summed E-state index contributed by atoms with van der Waals surface area (Å²) in [6.45, 7) is 1.70. The molecule has 1 N–H and O–H groups in total. The van der Waals surface area contributed by atoms with E-state index < -0.39 is 5.97 Å². The Morgan fingerprint density at radius 2 is 1.95 bits per heavy atom. The zero-order chi connectivity index (χ0) is 13.9. The number of nitrogens with zero attached hydrogens (tertiary/aromatic N) is 1. The Morgan fingerprint density at radius 1 is 1.20 bits per heavy atom. The van der Waals surface area contributed by atoms with E-state index in [1.807, 2.05) is 6.07 Å². The molecule has 0 bridgehead atoms. The molecule has 1 saturated carbocycles. The molecule has 1 unspecified atom stereocenters. The van der Waals surface area contributed by atoms with Crippen molar-refractivity contribution in [3.05, 3.63) is 29.8 Å². The number of hydrogen-bond acceptors (Lipinski definition) is 2. The van der Waals surface area contributed by atoms with Gasteiger partial charge in [-0.25, -0.2) is 0 Å². The molecule has 1 fully saturated rings. The molecule has 1 aliphatic carbocycles. The summed E-state index contributed by atoms with van der Waals surface area (Å²) in [5.74, 6) is -0.175. The number of carbonyl (C=O) groups is 1. The van der Waals surface area contributed by atoms with Crippen molar-refractivity contribution in [3.63, 3.8) is 0 Å². The Balaban J connectivity index is 1.79. The summed E-state index contributed by atoms with van der Waals surface area (Å²) in [5, 5.41) is 9.36. The number of hydrogen-bond donors (Lipinski definition) is 1. The second-order valence-electron chi connectivity index (χ2n) is 6.28. The van der Waals surface area contributed by atoms with Gasteiger partial charge < -0.3 is 10.0 Å². The van der Waals surface area contributed by atoms with Crippen LogP contribution >= 0.6 is 0 Å². The molecule has 3 heteroatoms. The second kappa shape index (κ2) is 5.86. The van der Waals surface area contributed by atoms with Crippen molar-refractivity contribution < 1.29 is 9.90 Å². The van der Waals surface area contributed by atoms with Crippen LogP contribution in [-0.2, 0) is 11.2 Å². The fourth-order valence-electron chi connectivity index (χ4n) is 3.71. The number of fused-ring (bicyclic) bond motifs is 1. The molecule has 3 nitrogen and oxygen atoms in total. The van der Waals surface area contributed by atoms with Crippen LogP contribution in [0.3, 0.4) is 0 Å². The Kier molecular flexibility index (Phi) is 3.95. The lowest BCUT2D eigenvalue weighted by Crippen LogP contribution is -2.41. The zero-order valence-electron chi connectivity index (χ0n) is 11.9. The van der Waals surface area contributed by atoms with Crippen molar-refractivity contribution in [1.29, 1.82) is 0 Å². The Labute approximate surface area is 120 Å². The summed E-state index contributed by atoms with van der Waals surface area (Å²) in [6, 6.07) is 8.31. The smallest absolute Gasteiger partial charge is 0.308 e. The minimum Gasteiger partial charge on any atom is -0.481 e. The first-order chi connectivity index (χ1) is 9.74. The van der Waals surface area contributed by atoms with Crippen LogP contribution in [-0.4, -0.2) is 24.2 Å². The van der Waals surface area contributed by atoms with E-state index in [1.165, 1.54) is 43.4 Å². The Hall–Kier alpha value is -1.51. The van der Waals surface area contributed by atoms with Crippen LogP contribution < -0.4 is 4.90 Å². The number of carboxylic acids is 1. The third-order valence-electron chi connectivity index (χ3n) is 4.79. The summed E-state index contributed by atoms with van der Waals surface area (Å²) in [5.41, 5.74) is 2.46. The molecule has 2 aliphatic rings. The number of rotatable bonds is 3. The van der Waals surface area contributed by atoms with E-state index in [9.17, 15) is 9.90 Å². The van der Waals surface area contributed by atoms with Crippen molar-refractivity contribution in [3.8, 4) is 0 Å². The maximum atomic E-state index is 11.4. The summed E-state index contributed by atoms with van der Waals surface area (Å²) in [4.78, 5) is 13.7.